The number of H-pyrrole nitrogens is 2. The van der Waals surface area contributed by atoms with Gasteiger partial charge in [0.2, 0.25) is 0 Å². The van der Waals surface area contributed by atoms with Crippen LogP contribution in [0.25, 0.3) is 16.8 Å². The molecule has 3 aromatic rings. The van der Waals surface area contributed by atoms with Gasteiger partial charge in [-0.05, 0) is 6.42 Å². The second-order valence-electron chi connectivity index (χ2n) is 3.72. The Balaban J connectivity index is 2.63. The lowest BCUT2D eigenvalue weighted by Crippen LogP contribution is -2.32. The standard InChI is InChI=1S/C9H10N6O2/c1-2-3-14-6-5(10-4-11-6)7-12-13-8(16)15(7)9(14)17/h4H,2-3H2,1H3,(H,10,11)(H,13,16). The van der Waals surface area contributed by atoms with E-state index in [1.54, 1.807) is 0 Å². The predicted octanol–water partition coefficient (Wildman–Crippen LogP) is -0.529. The molecule has 0 bridgehead atoms. The van der Waals surface area contributed by atoms with E-state index in [4.69, 9.17) is 0 Å². The van der Waals surface area contributed by atoms with Gasteiger partial charge >= 0.3 is 11.4 Å². The Kier molecular flexibility index (Phi) is 1.91. The van der Waals surface area contributed by atoms with E-state index in [0.29, 0.717) is 17.7 Å². The van der Waals surface area contributed by atoms with Gasteiger partial charge in [-0.3, -0.25) is 4.57 Å². The molecular weight excluding hydrogens is 224 g/mol. The Morgan fingerprint density at radius 2 is 2.18 bits per heavy atom. The zero-order chi connectivity index (χ0) is 12.0. The van der Waals surface area contributed by atoms with Crippen molar-refractivity contribution >= 4 is 16.8 Å². The van der Waals surface area contributed by atoms with Gasteiger partial charge in [-0.15, -0.1) is 0 Å². The van der Waals surface area contributed by atoms with Gasteiger partial charge in [-0.25, -0.2) is 19.7 Å². The second kappa shape index (κ2) is 3.30. The Hall–Kier alpha value is -2.38. The minimum atomic E-state index is -0.536. The molecule has 0 aliphatic heterocycles. The zero-order valence-electron chi connectivity index (χ0n) is 9.10. The molecule has 88 valence electrons. The van der Waals surface area contributed by atoms with Gasteiger partial charge in [0.1, 0.15) is 5.52 Å². The third-order valence-electron chi connectivity index (χ3n) is 2.64. The van der Waals surface area contributed by atoms with Gasteiger partial charge in [0.25, 0.3) is 0 Å². The normalized spacial score (nSPS) is 11.6. The van der Waals surface area contributed by atoms with Crippen LogP contribution in [0.3, 0.4) is 0 Å². The minimum Gasteiger partial charge on any atom is -0.340 e. The van der Waals surface area contributed by atoms with E-state index in [2.05, 4.69) is 20.2 Å². The summed E-state index contributed by atoms with van der Waals surface area (Å²) in [5, 5.41) is 6.09. The predicted molar refractivity (Wildman–Crippen MR) is 60.0 cm³/mol. The van der Waals surface area contributed by atoms with Crippen LogP contribution in [0.4, 0.5) is 0 Å². The Morgan fingerprint density at radius 1 is 1.35 bits per heavy atom. The summed E-state index contributed by atoms with van der Waals surface area (Å²) in [7, 11) is 0. The Labute approximate surface area is 93.9 Å². The van der Waals surface area contributed by atoms with Crippen molar-refractivity contribution < 1.29 is 0 Å². The third kappa shape index (κ3) is 1.17. The van der Waals surface area contributed by atoms with E-state index in [0.717, 1.165) is 10.8 Å². The smallest absolute Gasteiger partial charge is 0.340 e. The number of nitrogens with zero attached hydrogens (tertiary/aromatic N) is 4. The maximum atomic E-state index is 12.1. The van der Waals surface area contributed by atoms with E-state index in [1.807, 2.05) is 6.92 Å². The van der Waals surface area contributed by atoms with Gasteiger partial charge in [0.05, 0.1) is 6.33 Å². The van der Waals surface area contributed by atoms with Crippen molar-refractivity contribution in [3.8, 4) is 0 Å². The van der Waals surface area contributed by atoms with Gasteiger partial charge in [0, 0.05) is 6.54 Å². The van der Waals surface area contributed by atoms with E-state index < -0.39 is 11.4 Å². The molecule has 17 heavy (non-hydrogen) atoms. The topological polar surface area (TPSA) is 101 Å². The van der Waals surface area contributed by atoms with E-state index in [9.17, 15) is 9.59 Å². The van der Waals surface area contributed by atoms with E-state index in [1.165, 1.54) is 10.9 Å². The van der Waals surface area contributed by atoms with Crippen LogP contribution in [0.15, 0.2) is 15.9 Å². The average molecular weight is 234 g/mol. The minimum absolute atomic E-state index is 0.278. The van der Waals surface area contributed by atoms with E-state index in [-0.39, 0.29) is 5.65 Å². The average Bonchev–Trinajstić information content (AvgIpc) is 2.90. The van der Waals surface area contributed by atoms with Crippen molar-refractivity contribution in [2.24, 2.45) is 0 Å². The molecule has 8 heteroatoms. The lowest BCUT2D eigenvalue weighted by atomic mass is 10.4. The fraction of sp³-hybridized carbons (Fsp3) is 0.333. The lowest BCUT2D eigenvalue weighted by Gasteiger charge is -2.04. The highest BCUT2D eigenvalue weighted by Crippen LogP contribution is 2.10. The molecule has 3 heterocycles. The molecule has 0 aliphatic carbocycles. The van der Waals surface area contributed by atoms with Crippen molar-refractivity contribution in [1.82, 2.24) is 29.1 Å². The molecule has 3 rings (SSSR count). The molecule has 3 aromatic heterocycles. The summed E-state index contributed by atoms with van der Waals surface area (Å²) < 4.78 is 2.48. The van der Waals surface area contributed by atoms with Crippen LogP contribution in [0.1, 0.15) is 13.3 Å². The highest BCUT2D eigenvalue weighted by molar-refractivity contribution is 5.84. The van der Waals surface area contributed by atoms with Gasteiger partial charge in [-0.2, -0.15) is 9.50 Å². The quantitative estimate of drug-likeness (QED) is 0.622. The summed E-state index contributed by atoms with van der Waals surface area (Å²) in [5.41, 5.74) is 0.422. The maximum absolute atomic E-state index is 12.1. The SMILES string of the molecule is CCCn1c(=O)n2c(=O)[nH]nc2c2[nH]cnc21. The number of hydrogen-bond donors (Lipinski definition) is 2. The van der Waals surface area contributed by atoms with Crippen LogP contribution in [0.2, 0.25) is 0 Å². The first-order chi connectivity index (χ1) is 8.24. The number of fused-ring (bicyclic) bond motifs is 3. The molecule has 0 amide bonds. The molecule has 0 aromatic carbocycles. The molecular formula is C9H10N6O2. The Morgan fingerprint density at radius 3 is 2.94 bits per heavy atom. The van der Waals surface area contributed by atoms with Crippen LogP contribution in [0.5, 0.6) is 0 Å². The van der Waals surface area contributed by atoms with Gasteiger partial charge in [0.15, 0.2) is 11.3 Å². The van der Waals surface area contributed by atoms with Crippen molar-refractivity contribution in [2.45, 2.75) is 19.9 Å². The molecule has 8 nitrogen and oxygen atoms in total. The maximum Gasteiger partial charge on any atom is 0.352 e. The van der Waals surface area contributed by atoms with Crippen LogP contribution < -0.4 is 11.4 Å². The molecule has 0 saturated carbocycles. The fourth-order valence-electron chi connectivity index (χ4n) is 1.93. The van der Waals surface area contributed by atoms with Gasteiger partial charge in [-0.1, -0.05) is 6.92 Å². The first kappa shape index (κ1) is 9.82. The summed E-state index contributed by atoms with van der Waals surface area (Å²) in [6.07, 6.45) is 2.26. The van der Waals surface area contributed by atoms with Crippen molar-refractivity contribution in [2.75, 3.05) is 0 Å². The highest BCUT2D eigenvalue weighted by atomic mass is 16.2. The number of aromatic nitrogens is 6. The van der Waals surface area contributed by atoms with Crippen molar-refractivity contribution in [1.29, 1.82) is 0 Å². The van der Waals surface area contributed by atoms with Crippen LogP contribution >= 0.6 is 0 Å². The number of rotatable bonds is 2. The first-order valence-electron chi connectivity index (χ1n) is 5.27. The molecule has 0 fully saturated rings. The van der Waals surface area contributed by atoms with Crippen LogP contribution in [-0.2, 0) is 6.54 Å². The molecule has 0 atom stereocenters. The monoisotopic (exact) mass is 234 g/mol. The summed E-state index contributed by atoms with van der Waals surface area (Å²) >= 11 is 0. The molecule has 0 aliphatic rings. The van der Waals surface area contributed by atoms with E-state index >= 15 is 0 Å². The number of aromatic amines is 2. The van der Waals surface area contributed by atoms with Crippen LogP contribution in [-0.4, -0.2) is 29.1 Å². The number of imidazole rings is 1. The molecule has 0 radical (unpaired) electrons. The highest BCUT2D eigenvalue weighted by Gasteiger charge is 2.15. The fourth-order valence-corrected chi connectivity index (χ4v) is 1.93. The lowest BCUT2D eigenvalue weighted by molar-refractivity contribution is 0.644. The Bertz CT molecular complexity index is 804. The van der Waals surface area contributed by atoms with Crippen molar-refractivity contribution in [3.05, 3.63) is 27.3 Å². The second-order valence-corrected chi connectivity index (χ2v) is 3.72. The molecule has 0 unspecified atom stereocenters. The first-order valence-corrected chi connectivity index (χ1v) is 5.27. The number of hydrogen-bond acceptors (Lipinski definition) is 4. The summed E-state index contributed by atoms with van der Waals surface area (Å²) in [4.78, 5) is 30.6. The van der Waals surface area contributed by atoms with Gasteiger partial charge < -0.3 is 4.98 Å². The van der Waals surface area contributed by atoms with Crippen LogP contribution in [0, 0.1) is 0 Å². The number of aryl methyl sites for hydroxylation is 1. The summed E-state index contributed by atoms with van der Waals surface area (Å²) in [6, 6.07) is 0. The summed E-state index contributed by atoms with van der Waals surface area (Å²) in [6.45, 7) is 2.46. The molecule has 2 N–H and O–H groups in total. The molecule has 0 saturated heterocycles. The summed E-state index contributed by atoms with van der Waals surface area (Å²) in [5.74, 6) is 0. The molecule has 0 spiro atoms. The van der Waals surface area contributed by atoms with Crippen molar-refractivity contribution in [3.63, 3.8) is 0 Å². The zero-order valence-corrected chi connectivity index (χ0v) is 9.10. The third-order valence-corrected chi connectivity index (χ3v) is 2.64. The number of nitrogens with one attached hydrogen (secondary N) is 2. The largest absolute Gasteiger partial charge is 0.352 e.